The molecular formula is C20H21ClF2OS. The molecule has 1 aliphatic carbocycles. The number of thiophene rings is 1. The van der Waals surface area contributed by atoms with Gasteiger partial charge in [-0.1, -0.05) is 18.2 Å². The van der Waals surface area contributed by atoms with E-state index in [-0.39, 0.29) is 17.2 Å². The molecule has 0 bridgehead atoms. The normalized spacial score (nSPS) is 26.6. The van der Waals surface area contributed by atoms with E-state index in [1.165, 1.54) is 17.0 Å². The minimum atomic E-state index is -0.602. The largest absolute Gasteiger partial charge is 0.392 e. The van der Waals surface area contributed by atoms with Crippen molar-refractivity contribution in [2.75, 3.05) is 0 Å². The lowest BCUT2D eigenvalue weighted by Gasteiger charge is -2.20. The second-order valence-corrected chi connectivity index (χ2v) is 8.19. The van der Waals surface area contributed by atoms with Gasteiger partial charge in [0.1, 0.15) is 11.6 Å². The first kappa shape index (κ1) is 18.6. The maximum absolute atomic E-state index is 13.3. The van der Waals surface area contributed by atoms with Crippen molar-refractivity contribution >= 4 is 29.0 Å². The molecule has 1 N–H and O–H groups in total. The summed E-state index contributed by atoms with van der Waals surface area (Å²) in [4.78, 5) is 1.35. The maximum atomic E-state index is 13.3. The van der Waals surface area contributed by atoms with Crippen molar-refractivity contribution in [1.82, 2.24) is 0 Å². The molecule has 0 amide bonds. The van der Waals surface area contributed by atoms with E-state index >= 15 is 0 Å². The van der Waals surface area contributed by atoms with E-state index in [0.29, 0.717) is 12.0 Å². The summed E-state index contributed by atoms with van der Waals surface area (Å²) in [5.74, 6) is -1.12. The molecule has 1 aliphatic rings. The third-order valence-corrected chi connectivity index (χ3v) is 6.24. The van der Waals surface area contributed by atoms with Crippen LogP contribution in [0.15, 0.2) is 41.8 Å². The van der Waals surface area contributed by atoms with Gasteiger partial charge in [0.2, 0.25) is 0 Å². The summed E-state index contributed by atoms with van der Waals surface area (Å²) >= 11 is 8.20. The number of aliphatic hydroxyl groups excluding tert-OH is 1. The van der Waals surface area contributed by atoms with Crippen molar-refractivity contribution in [3.63, 3.8) is 0 Å². The van der Waals surface area contributed by atoms with Crippen LogP contribution in [0.5, 0.6) is 0 Å². The van der Waals surface area contributed by atoms with Crippen LogP contribution in [0.25, 0.3) is 6.08 Å². The predicted octanol–water partition coefficient (Wildman–Crippen LogP) is 5.67. The summed E-state index contributed by atoms with van der Waals surface area (Å²) in [7, 11) is 0. The Labute approximate surface area is 156 Å². The van der Waals surface area contributed by atoms with Gasteiger partial charge in [-0.25, -0.2) is 8.78 Å². The number of benzene rings is 1. The zero-order valence-corrected chi connectivity index (χ0v) is 15.3. The fourth-order valence-electron chi connectivity index (χ4n) is 3.59. The van der Waals surface area contributed by atoms with E-state index in [2.05, 4.69) is 11.4 Å². The zero-order chi connectivity index (χ0) is 17.8. The number of alkyl halides is 1. The van der Waals surface area contributed by atoms with Gasteiger partial charge in [0.05, 0.1) is 6.10 Å². The third-order valence-electron chi connectivity index (χ3n) is 4.81. The molecule has 3 rings (SSSR count). The van der Waals surface area contributed by atoms with Crippen LogP contribution in [0.2, 0.25) is 0 Å². The number of rotatable bonds is 6. The van der Waals surface area contributed by atoms with Crippen LogP contribution in [0.1, 0.15) is 29.7 Å². The van der Waals surface area contributed by atoms with E-state index < -0.39 is 17.7 Å². The number of hydrogen-bond donors (Lipinski definition) is 1. The van der Waals surface area contributed by atoms with Gasteiger partial charge in [0, 0.05) is 22.2 Å². The van der Waals surface area contributed by atoms with Gasteiger partial charge < -0.3 is 5.11 Å². The van der Waals surface area contributed by atoms with E-state index in [0.717, 1.165) is 25.3 Å². The number of halogens is 3. The standard InChI is InChI=1S/C20H21ClF2OS/c21-19-12-20(24)18(7-6-13-9-14(22)11-15(23)10-13)17(19)5-1-3-16-4-2-8-25-16/h2,4,6-11,17-20,24H,1,3,5,12H2/t17-,18-,19-,20-/m1/s1. The first-order valence-corrected chi connectivity index (χ1v) is 9.83. The molecule has 1 fully saturated rings. The quantitative estimate of drug-likeness (QED) is 0.638. The van der Waals surface area contributed by atoms with Gasteiger partial charge >= 0.3 is 0 Å². The Morgan fingerprint density at radius 1 is 1.24 bits per heavy atom. The average Bonchev–Trinajstić information content (AvgIpc) is 3.14. The third kappa shape index (κ3) is 4.90. The Balaban J connectivity index is 1.65. The highest BCUT2D eigenvalue weighted by Crippen LogP contribution is 2.40. The fraction of sp³-hybridized carbons (Fsp3) is 0.400. The molecule has 4 atom stereocenters. The van der Waals surface area contributed by atoms with Crippen LogP contribution < -0.4 is 0 Å². The monoisotopic (exact) mass is 382 g/mol. The van der Waals surface area contributed by atoms with Crippen LogP contribution in [0.3, 0.4) is 0 Å². The average molecular weight is 383 g/mol. The highest BCUT2D eigenvalue weighted by molar-refractivity contribution is 7.09. The summed E-state index contributed by atoms with van der Waals surface area (Å²) in [6.45, 7) is 0. The Morgan fingerprint density at radius 2 is 2.00 bits per heavy atom. The molecule has 2 aromatic rings. The molecule has 0 unspecified atom stereocenters. The molecular weight excluding hydrogens is 362 g/mol. The first-order valence-electron chi connectivity index (χ1n) is 8.52. The van der Waals surface area contributed by atoms with Crippen LogP contribution in [0.4, 0.5) is 8.78 Å². The van der Waals surface area contributed by atoms with Gasteiger partial charge in [-0.3, -0.25) is 0 Å². The molecule has 134 valence electrons. The van der Waals surface area contributed by atoms with Crippen molar-refractivity contribution < 1.29 is 13.9 Å². The van der Waals surface area contributed by atoms with E-state index in [1.807, 2.05) is 12.1 Å². The van der Waals surface area contributed by atoms with Crippen LogP contribution in [-0.4, -0.2) is 16.6 Å². The lowest BCUT2D eigenvalue weighted by Crippen LogP contribution is -2.18. The highest BCUT2D eigenvalue weighted by Gasteiger charge is 2.39. The lowest BCUT2D eigenvalue weighted by molar-refractivity contribution is 0.140. The van der Waals surface area contributed by atoms with Crippen LogP contribution >= 0.6 is 22.9 Å². The number of hydrogen-bond acceptors (Lipinski definition) is 2. The molecule has 1 aromatic carbocycles. The smallest absolute Gasteiger partial charge is 0.126 e. The summed E-state index contributed by atoms with van der Waals surface area (Å²) in [5.41, 5.74) is 0.458. The summed E-state index contributed by atoms with van der Waals surface area (Å²) < 4.78 is 26.6. The molecule has 0 radical (unpaired) electrons. The van der Waals surface area contributed by atoms with Crippen molar-refractivity contribution in [2.24, 2.45) is 11.8 Å². The maximum Gasteiger partial charge on any atom is 0.126 e. The number of aliphatic hydroxyl groups is 1. The van der Waals surface area contributed by atoms with Gasteiger partial charge in [0.15, 0.2) is 0 Å². The Morgan fingerprint density at radius 3 is 2.68 bits per heavy atom. The van der Waals surface area contributed by atoms with Crippen molar-refractivity contribution in [2.45, 2.75) is 37.2 Å². The second-order valence-electron chi connectivity index (χ2n) is 6.59. The van der Waals surface area contributed by atoms with Crippen LogP contribution in [-0.2, 0) is 6.42 Å². The van der Waals surface area contributed by atoms with Crippen molar-refractivity contribution in [1.29, 1.82) is 0 Å². The Hall–Kier alpha value is -1.23. The van der Waals surface area contributed by atoms with Gasteiger partial charge in [-0.15, -0.1) is 22.9 Å². The predicted molar refractivity (Wildman–Crippen MR) is 99.9 cm³/mol. The summed E-state index contributed by atoms with van der Waals surface area (Å²) in [5, 5.41) is 12.3. The zero-order valence-electron chi connectivity index (χ0n) is 13.7. The van der Waals surface area contributed by atoms with E-state index in [1.54, 1.807) is 17.4 Å². The van der Waals surface area contributed by atoms with Crippen molar-refractivity contribution in [3.05, 3.63) is 63.9 Å². The molecule has 1 heterocycles. The molecule has 1 saturated carbocycles. The van der Waals surface area contributed by atoms with Crippen molar-refractivity contribution in [3.8, 4) is 0 Å². The van der Waals surface area contributed by atoms with Gasteiger partial charge in [-0.2, -0.15) is 0 Å². The minimum Gasteiger partial charge on any atom is -0.392 e. The summed E-state index contributed by atoms with van der Waals surface area (Å²) in [6.07, 6.45) is 6.54. The Kier molecular flexibility index (Phi) is 6.26. The molecule has 1 aromatic heterocycles. The minimum absolute atomic E-state index is 0.0720. The summed E-state index contributed by atoms with van der Waals surface area (Å²) in [6, 6.07) is 7.59. The van der Waals surface area contributed by atoms with E-state index in [4.69, 9.17) is 11.6 Å². The first-order chi connectivity index (χ1) is 12.0. The SMILES string of the molecule is O[C@@H]1C[C@@H](Cl)[C@H](CCCc2cccs2)[C@H]1C=Cc1cc(F)cc(F)c1. The molecule has 0 spiro atoms. The Bertz CT molecular complexity index is 696. The number of aryl methyl sites for hydroxylation is 1. The molecule has 0 aliphatic heterocycles. The molecule has 5 heteroatoms. The van der Waals surface area contributed by atoms with E-state index in [9.17, 15) is 13.9 Å². The topological polar surface area (TPSA) is 20.2 Å². The van der Waals surface area contributed by atoms with Gasteiger partial charge in [0.25, 0.3) is 0 Å². The fourth-order valence-corrected chi connectivity index (χ4v) is 4.82. The highest BCUT2D eigenvalue weighted by atomic mass is 35.5. The second kappa shape index (κ2) is 8.43. The molecule has 0 saturated heterocycles. The molecule has 1 nitrogen and oxygen atoms in total. The van der Waals surface area contributed by atoms with Crippen LogP contribution in [0, 0.1) is 23.5 Å². The molecule has 25 heavy (non-hydrogen) atoms. The lowest BCUT2D eigenvalue weighted by atomic mass is 9.89. The van der Waals surface area contributed by atoms with Gasteiger partial charge in [-0.05, 0) is 60.7 Å².